The van der Waals surface area contributed by atoms with Crippen molar-refractivity contribution in [1.82, 2.24) is 0 Å². The predicted molar refractivity (Wildman–Crippen MR) is 57.6 cm³/mol. The fourth-order valence-corrected chi connectivity index (χ4v) is 1.77. The van der Waals surface area contributed by atoms with Crippen LogP contribution in [-0.2, 0) is 12.6 Å². The Morgan fingerprint density at radius 2 is 1.94 bits per heavy atom. The molecule has 2 rings (SSSR count). The lowest BCUT2D eigenvalue weighted by Gasteiger charge is -2.12. The third-order valence-electron chi connectivity index (χ3n) is 3.17. The van der Waals surface area contributed by atoms with Gasteiger partial charge in [-0.2, -0.15) is 13.2 Å². The molecule has 1 saturated carbocycles. The van der Waals surface area contributed by atoms with Crippen LogP contribution in [0.25, 0.3) is 0 Å². The maximum absolute atomic E-state index is 12.5. The Labute approximate surface area is 97.2 Å². The lowest BCUT2D eigenvalue weighted by Crippen LogP contribution is -2.22. The lowest BCUT2D eigenvalue weighted by atomic mass is 10.0. The second-order valence-corrected chi connectivity index (χ2v) is 4.71. The normalized spacial score (nSPS) is 18.1. The Hall–Kier alpha value is -1.23. The number of aryl methyl sites for hydroxylation is 1. The third-order valence-corrected chi connectivity index (χ3v) is 3.17. The van der Waals surface area contributed by atoms with E-state index in [4.69, 9.17) is 10.8 Å². The average Bonchev–Trinajstić information content (AvgIpc) is 2.94. The van der Waals surface area contributed by atoms with Crippen LogP contribution in [0.3, 0.4) is 0 Å². The summed E-state index contributed by atoms with van der Waals surface area (Å²) in [6.07, 6.45) is -1.43. The van der Waals surface area contributed by atoms with Crippen molar-refractivity contribution >= 4 is 0 Å². The second kappa shape index (κ2) is 3.91. The fraction of sp³-hybridized carbons (Fsp3) is 0.500. The number of benzene rings is 1. The van der Waals surface area contributed by atoms with Crippen molar-refractivity contribution in [2.24, 2.45) is 5.73 Å². The summed E-state index contributed by atoms with van der Waals surface area (Å²) >= 11 is 0. The van der Waals surface area contributed by atoms with Crippen LogP contribution in [0.2, 0.25) is 0 Å². The van der Waals surface area contributed by atoms with E-state index in [0.717, 1.165) is 25.0 Å². The first-order valence-corrected chi connectivity index (χ1v) is 5.48. The van der Waals surface area contributed by atoms with E-state index in [1.807, 2.05) is 0 Å². The molecule has 1 aliphatic rings. The summed E-state index contributed by atoms with van der Waals surface area (Å²) in [5.41, 5.74) is 5.29. The van der Waals surface area contributed by atoms with Gasteiger partial charge in [0.1, 0.15) is 5.75 Å². The van der Waals surface area contributed by atoms with Gasteiger partial charge in [-0.05, 0) is 43.4 Å². The topological polar surface area (TPSA) is 46.2 Å². The van der Waals surface area contributed by atoms with Crippen molar-refractivity contribution in [2.45, 2.75) is 37.4 Å². The first kappa shape index (κ1) is 12.2. The van der Waals surface area contributed by atoms with Gasteiger partial charge in [0, 0.05) is 5.54 Å². The Kier molecular flexibility index (Phi) is 2.81. The number of nitrogens with two attached hydrogens (primary N) is 1. The van der Waals surface area contributed by atoms with Crippen molar-refractivity contribution in [3.05, 3.63) is 29.3 Å². The molecule has 0 heterocycles. The van der Waals surface area contributed by atoms with Gasteiger partial charge in [-0.25, -0.2) is 0 Å². The molecule has 0 amide bonds. The van der Waals surface area contributed by atoms with Crippen molar-refractivity contribution < 1.29 is 18.3 Å². The summed E-state index contributed by atoms with van der Waals surface area (Å²) in [5, 5.41) is 9.17. The van der Waals surface area contributed by atoms with Crippen LogP contribution >= 0.6 is 0 Å². The Morgan fingerprint density at radius 1 is 1.29 bits per heavy atom. The highest BCUT2D eigenvalue weighted by molar-refractivity contribution is 5.38. The summed E-state index contributed by atoms with van der Waals surface area (Å²) in [6, 6.07) is 3.60. The minimum Gasteiger partial charge on any atom is -0.507 e. The molecule has 1 fully saturated rings. The lowest BCUT2D eigenvalue weighted by molar-refractivity contribution is -0.138. The summed E-state index contributed by atoms with van der Waals surface area (Å²) in [7, 11) is 0. The highest BCUT2D eigenvalue weighted by atomic mass is 19.4. The van der Waals surface area contributed by atoms with E-state index in [2.05, 4.69) is 0 Å². The predicted octanol–water partition coefficient (Wildman–Crippen LogP) is 2.83. The molecule has 1 aliphatic carbocycles. The van der Waals surface area contributed by atoms with Gasteiger partial charge in [0.15, 0.2) is 0 Å². The van der Waals surface area contributed by atoms with Crippen molar-refractivity contribution in [2.75, 3.05) is 0 Å². The fourth-order valence-electron chi connectivity index (χ4n) is 1.77. The number of hydrogen-bond donors (Lipinski definition) is 2. The highest BCUT2D eigenvalue weighted by Crippen LogP contribution is 2.39. The molecular weight excluding hydrogens is 231 g/mol. The smallest absolute Gasteiger partial charge is 0.419 e. The monoisotopic (exact) mass is 245 g/mol. The molecular formula is C12H14F3NO. The molecule has 0 radical (unpaired) electrons. The number of phenolic OH excluding ortho intramolecular Hbond substituents is 1. The molecule has 5 heteroatoms. The largest absolute Gasteiger partial charge is 0.507 e. The van der Waals surface area contributed by atoms with Crippen molar-refractivity contribution in [3.63, 3.8) is 0 Å². The second-order valence-electron chi connectivity index (χ2n) is 4.71. The molecule has 0 unspecified atom stereocenters. The van der Waals surface area contributed by atoms with Gasteiger partial charge in [-0.15, -0.1) is 0 Å². The molecule has 0 saturated heterocycles. The van der Waals surface area contributed by atoms with Crippen LogP contribution in [0, 0.1) is 0 Å². The van der Waals surface area contributed by atoms with Gasteiger partial charge in [0.25, 0.3) is 0 Å². The van der Waals surface area contributed by atoms with Gasteiger partial charge in [-0.3, -0.25) is 0 Å². The van der Waals surface area contributed by atoms with Crippen LogP contribution in [0.5, 0.6) is 5.75 Å². The van der Waals surface area contributed by atoms with E-state index in [9.17, 15) is 13.2 Å². The molecule has 0 aromatic heterocycles. The van der Waals surface area contributed by atoms with Crippen LogP contribution in [-0.4, -0.2) is 10.6 Å². The number of rotatable bonds is 3. The minimum absolute atomic E-state index is 0.170. The Bertz CT molecular complexity index is 424. The zero-order valence-corrected chi connectivity index (χ0v) is 9.22. The first-order chi connectivity index (χ1) is 7.80. The molecule has 3 N–H and O–H groups in total. The molecule has 1 aromatic carbocycles. The van der Waals surface area contributed by atoms with Crippen molar-refractivity contribution in [3.8, 4) is 5.75 Å². The number of alkyl halides is 3. The number of halogens is 3. The first-order valence-electron chi connectivity index (χ1n) is 5.48. The van der Waals surface area contributed by atoms with E-state index in [1.54, 1.807) is 0 Å². The zero-order valence-electron chi connectivity index (χ0n) is 9.22. The Morgan fingerprint density at radius 3 is 2.47 bits per heavy atom. The maximum Gasteiger partial charge on any atom is 0.419 e. The van der Waals surface area contributed by atoms with Crippen LogP contribution in [0.4, 0.5) is 13.2 Å². The number of hydrogen-bond acceptors (Lipinski definition) is 2. The average molecular weight is 245 g/mol. The SMILES string of the molecule is NC1(CCc2ccc(O)c(C(F)(F)F)c2)CC1. The van der Waals surface area contributed by atoms with Gasteiger partial charge >= 0.3 is 6.18 Å². The van der Waals surface area contributed by atoms with Gasteiger partial charge in [-0.1, -0.05) is 6.07 Å². The molecule has 17 heavy (non-hydrogen) atoms. The third kappa shape index (κ3) is 2.91. The summed E-state index contributed by atoms with van der Waals surface area (Å²) < 4.78 is 37.6. The maximum atomic E-state index is 12.5. The number of phenols is 1. The standard InChI is InChI=1S/C12H14F3NO/c13-12(14,15)9-7-8(1-2-10(9)17)3-4-11(16)5-6-11/h1-2,7,17H,3-6,16H2. The van der Waals surface area contributed by atoms with Crippen LogP contribution in [0.1, 0.15) is 30.4 Å². The molecule has 94 valence electrons. The molecule has 0 bridgehead atoms. The molecule has 1 aromatic rings. The quantitative estimate of drug-likeness (QED) is 0.860. The highest BCUT2D eigenvalue weighted by Gasteiger charge is 2.38. The van der Waals surface area contributed by atoms with E-state index in [0.29, 0.717) is 18.4 Å². The van der Waals surface area contributed by atoms with E-state index in [1.165, 1.54) is 6.07 Å². The molecule has 0 aliphatic heterocycles. The van der Waals surface area contributed by atoms with E-state index >= 15 is 0 Å². The van der Waals surface area contributed by atoms with Crippen molar-refractivity contribution in [1.29, 1.82) is 0 Å². The van der Waals surface area contributed by atoms with Gasteiger partial charge in [0.05, 0.1) is 5.56 Å². The summed E-state index contributed by atoms with van der Waals surface area (Å²) in [4.78, 5) is 0. The van der Waals surface area contributed by atoms with E-state index in [-0.39, 0.29) is 5.54 Å². The minimum atomic E-state index is -4.51. The van der Waals surface area contributed by atoms with Crippen LogP contribution < -0.4 is 5.73 Å². The molecule has 0 atom stereocenters. The summed E-state index contributed by atoms with van der Waals surface area (Å²) in [5.74, 6) is -0.727. The number of aromatic hydroxyl groups is 1. The zero-order chi connectivity index (χ0) is 12.7. The van der Waals surface area contributed by atoms with Gasteiger partial charge < -0.3 is 10.8 Å². The van der Waals surface area contributed by atoms with Crippen LogP contribution in [0.15, 0.2) is 18.2 Å². The van der Waals surface area contributed by atoms with E-state index < -0.39 is 17.5 Å². The Balaban J connectivity index is 2.13. The summed E-state index contributed by atoms with van der Waals surface area (Å²) in [6.45, 7) is 0. The molecule has 0 spiro atoms. The van der Waals surface area contributed by atoms with Gasteiger partial charge in [0.2, 0.25) is 0 Å². The molecule has 2 nitrogen and oxygen atoms in total.